The summed E-state index contributed by atoms with van der Waals surface area (Å²) in [4.78, 5) is 28.5. The standard InChI is InChI=1S/C23H22N2O3S/c1-28-18-10-8-16(9-11-18)14-24-22(26)13-20(21-7-4-12-29-21)25-15-17-5-2-3-6-19(17)23(25)27/h2-12,20H,13-15H2,1H3,(H,24,26)/t20-/m1/s1. The fraction of sp³-hybridized carbons (Fsp3) is 0.217. The molecule has 3 aromatic rings. The Kier molecular flexibility index (Phi) is 5.62. The lowest BCUT2D eigenvalue weighted by molar-refractivity contribution is -0.122. The van der Waals surface area contributed by atoms with E-state index in [0.29, 0.717) is 13.1 Å². The molecular weight excluding hydrogens is 384 g/mol. The van der Waals surface area contributed by atoms with Gasteiger partial charge < -0.3 is 15.0 Å². The minimum absolute atomic E-state index is 0.0121. The average Bonchev–Trinajstić information content (AvgIpc) is 3.40. The lowest BCUT2D eigenvalue weighted by atomic mass is 10.1. The van der Waals surface area contributed by atoms with Gasteiger partial charge in [-0.05, 0) is 40.8 Å². The summed E-state index contributed by atoms with van der Waals surface area (Å²) in [6.07, 6.45) is 0.233. The van der Waals surface area contributed by atoms with E-state index in [1.165, 1.54) is 0 Å². The number of rotatable bonds is 7. The molecule has 1 atom stereocenters. The third kappa shape index (κ3) is 4.17. The van der Waals surface area contributed by atoms with Crippen LogP contribution in [0.15, 0.2) is 66.0 Å². The number of methoxy groups -OCH3 is 1. The first-order valence-corrected chi connectivity index (χ1v) is 10.4. The summed E-state index contributed by atoms with van der Waals surface area (Å²) in [5.74, 6) is 0.690. The molecule has 0 saturated carbocycles. The van der Waals surface area contributed by atoms with Gasteiger partial charge in [-0.1, -0.05) is 36.4 Å². The molecule has 4 rings (SSSR count). The summed E-state index contributed by atoms with van der Waals surface area (Å²) in [6.45, 7) is 0.970. The van der Waals surface area contributed by atoms with Crippen LogP contribution in [0.2, 0.25) is 0 Å². The third-order valence-electron chi connectivity index (χ3n) is 5.12. The fourth-order valence-electron chi connectivity index (χ4n) is 3.57. The molecule has 0 saturated heterocycles. The monoisotopic (exact) mass is 406 g/mol. The Morgan fingerprint density at radius 1 is 1.14 bits per heavy atom. The minimum atomic E-state index is -0.272. The molecule has 0 bridgehead atoms. The number of amides is 2. The quantitative estimate of drug-likeness (QED) is 0.641. The maximum atomic E-state index is 12.9. The molecule has 2 aromatic carbocycles. The van der Waals surface area contributed by atoms with Gasteiger partial charge in [-0.3, -0.25) is 9.59 Å². The third-order valence-corrected chi connectivity index (χ3v) is 6.10. The molecular formula is C23H22N2O3S. The summed E-state index contributed by atoms with van der Waals surface area (Å²) in [6, 6.07) is 18.9. The number of hydrogen-bond donors (Lipinski definition) is 1. The van der Waals surface area contributed by atoms with Gasteiger partial charge in [-0.25, -0.2) is 0 Å². The van der Waals surface area contributed by atoms with E-state index in [4.69, 9.17) is 4.74 Å². The minimum Gasteiger partial charge on any atom is -0.497 e. The first-order chi connectivity index (χ1) is 14.2. The summed E-state index contributed by atoms with van der Waals surface area (Å²) in [7, 11) is 1.62. The van der Waals surface area contributed by atoms with E-state index in [9.17, 15) is 9.59 Å². The van der Waals surface area contributed by atoms with Gasteiger partial charge in [0.05, 0.1) is 19.6 Å². The number of ether oxygens (including phenoxy) is 1. The van der Waals surface area contributed by atoms with Crippen molar-refractivity contribution in [2.24, 2.45) is 0 Å². The number of hydrogen-bond acceptors (Lipinski definition) is 4. The second kappa shape index (κ2) is 8.49. The molecule has 5 nitrogen and oxygen atoms in total. The van der Waals surface area contributed by atoms with Crippen molar-refractivity contribution in [2.45, 2.75) is 25.6 Å². The fourth-order valence-corrected chi connectivity index (χ4v) is 4.40. The normalized spacial score (nSPS) is 13.8. The smallest absolute Gasteiger partial charge is 0.255 e. The van der Waals surface area contributed by atoms with Crippen LogP contribution in [0.3, 0.4) is 0 Å². The highest BCUT2D eigenvalue weighted by Crippen LogP contribution is 2.35. The lowest BCUT2D eigenvalue weighted by Crippen LogP contribution is -2.33. The first kappa shape index (κ1) is 19.2. The van der Waals surface area contributed by atoms with Gasteiger partial charge in [0.2, 0.25) is 5.91 Å². The van der Waals surface area contributed by atoms with E-state index in [-0.39, 0.29) is 24.3 Å². The zero-order chi connectivity index (χ0) is 20.2. The number of nitrogens with one attached hydrogen (secondary N) is 1. The molecule has 2 amide bonds. The van der Waals surface area contributed by atoms with E-state index < -0.39 is 0 Å². The molecule has 1 aliphatic heterocycles. The van der Waals surface area contributed by atoms with Crippen molar-refractivity contribution in [3.8, 4) is 5.75 Å². The van der Waals surface area contributed by atoms with Gasteiger partial charge in [0.15, 0.2) is 0 Å². The Hall–Kier alpha value is -3.12. The van der Waals surface area contributed by atoms with Crippen molar-refractivity contribution in [3.63, 3.8) is 0 Å². The van der Waals surface area contributed by atoms with Crippen LogP contribution in [-0.4, -0.2) is 23.8 Å². The van der Waals surface area contributed by atoms with Crippen molar-refractivity contribution < 1.29 is 14.3 Å². The molecule has 148 valence electrons. The van der Waals surface area contributed by atoms with E-state index in [0.717, 1.165) is 27.3 Å². The van der Waals surface area contributed by atoms with E-state index >= 15 is 0 Å². The predicted octanol–water partition coefficient (Wildman–Crippen LogP) is 4.16. The summed E-state index contributed by atoms with van der Waals surface area (Å²) < 4.78 is 5.16. The highest BCUT2D eigenvalue weighted by atomic mass is 32.1. The van der Waals surface area contributed by atoms with Crippen LogP contribution in [-0.2, 0) is 17.9 Å². The molecule has 0 radical (unpaired) electrons. The maximum Gasteiger partial charge on any atom is 0.255 e. The number of thiophene rings is 1. The largest absolute Gasteiger partial charge is 0.497 e. The lowest BCUT2D eigenvalue weighted by Gasteiger charge is -2.26. The van der Waals surface area contributed by atoms with Crippen molar-refractivity contribution in [1.29, 1.82) is 0 Å². The SMILES string of the molecule is COc1ccc(CNC(=O)C[C@H](c2cccs2)N2Cc3ccccc3C2=O)cc1. The number of carbonyl (C=O) groups excluding carboxylic acids is 2. The van der Waals surface area contributed by atoms with Crippen LogP contribution in [0.25, 0.3) is 0 Å². The molecule has 1 aromatic heterocycles. The van der Waals surface area contributed by atoms with Crippen LogP contribution in [0.4, 0.5) is 0 Å². The second-order valence-corrected chi connectivity index (χ2v) is 7.93. The van der Waals surface area contributed by atoms with Gasteiger partial charge in [0, 0.05) is 23.5 Å². The first-order valence-electron chi connectivity index (χ1n) is 9.47. The molecule has 0 fully saturated rings. The molecule has 0 aliphatic carbocycles. The van der Waals surface area contributed by atoms with Crippen LogP contribution in [0, 0.1) is 0 Å². The average molecular weight is 407 g/mol. The second-order valence-electron chi connectivity index (χ2n) is 6.95. The molecule has 0 spiro atoms. The van der Waals surface area contributed by atoms with Gasteiger partial charge in [0.25, 0.3) is 5.91 Å². The number of benzene rings is 2. The summed E-state index contributed by atoms with van der Waals surface area (Å²) in [5, 5.41) is 4.95. The Morgan fingerprint density at radius 3 is 2.62 bits per heavy atom. The van der Waals surface area contributed by atoms with Gasteiger partial charge in [-0.15, -0.1) is 11.3 Å². The van der Waals surface area contributed by atoms with Crippen molar-refractivity contribution in [3.05, 3.63) is 87.6 Å². The zero-order valence-corrected chi connectivity index (χ0v) is 16.9. The summed E-state index contributed by atoms with van der Waals surface area (Å²) in [5.41, 5.74) is 2.74. The van der Waals surface area contributed by atoms with Crippen molar-refractivity contribution >= 4 is 23.2 Å². The highest BCUT2D eigenvalue weighted by Gasteiger charge is 2.34. The Labute approximate surface area is 173 Å². The Bertz CT molecular complexity index is 999. The van der Waals surface area contributed by atoms with Crippen LogP contribution in [0.5, 0.6) is 5.75 Å². The highest BCUT2D eigenvalue weighted by molar-refractivity contribution is 7.10. The Balaban J connectivity index is 1.45. The predicted molar refractivity (Wildman–Crippen MR) is 113 cm³/mol. The van der Waals surface area contributed by atoms with Crippen molar-refractivity contribution in [1.82, 2.24) is 10.2 Å². The number of carbonyl (C=O) groups is 2. The summed E-state index contributed by atoms with van der Waals surface area (Å²) >= 11 is 1.57. The maximum absolute atomic E-state index is 12.9. The molecule has 6 heteroatoms. The van der Waals surface area contributed by atoms with E-state index in [1.54, 1.807) is 18.4 Å². The number of nitrogens with zero attached hydrogens (tertiary/aromatic N) is 1. The topological polar surface area (TPSA) is 58.6 Å². The van der Waals surface area contributed by atoms with Gasteiger partial charge in [-0.2, -0.15) is 0 Å². The molecule has 1 N–H and O–H groups in total. The van der Waals surface area contributed by atoms with Gasteiger partial charge >= 0.3 is 0 Å². The Morgan fingerprint density at radius 2 is 1.93 bits per heavy atom. The zero-order valence-electron chi connectivity index (χ0n) is 16.1. The van der Waals surface area contributed by atoms with Crippen LogP contribution in [0.1, 0.15) is 38.8 Å². The van der Waals surface area contributed by atoms with Gasteiger partial charge in [0.1, 0.15) is 5.75 Å². The van der Waals surface area contributed by atoms with Crippen LogP contribution >= 0.6 is 11.3 Å². The van der Waals surface area contributed by atoms with Crippen molar-refractivity contribution in [2.75, 3.05) is 7.11 Å². The van der Waals surface area contributed by atoms with E-state index in [2.05, 4.69) is 5.32 Å². The molecule has 0 unspecified atom stereocenters. The molecule has 2 heterocycles. The molecule has 1 aliphatic rings. The molecule has 29 heavy (non-hydrogen) atoms. The van der Waals surface area contributed by atoms with E-state index in [1.807, 2.05) is 70.9 Å². The van der Waals surface area contributed by atoms with Crippen LogP contribution < -0.4 is 10.1 Å². The number of fused-ring (bicyclic) bond motifs is 1.